The van der Waals surface area contributed by atoms with Crippen molar-refractivity contribution in [3.05, 3.63) is 41.2 Å². The molecule has 0 radical (unpaired) electrons. The standard InChI is InChI=1S/C15H20N4S/c1-12-11-20-15(17-12)19-8-7-18(9-13(19)2)10-14-5-3-4-6-16-14/h3-6,11,13H,7-10H2,1-2H3/t13-/m1/s1. The Morgan fingerprint density at radius 3 is 2.90 bits per heavy atom. The molecule has 3 heterocycles. The SMILES string of the molecule is Cc1csc(N2CCN(Cc3ccccn3)C[C@H]2C)n1. The van der Waals surface area contributed by atoms with Gasteiger partial charge < -0.3 is 4.90 Å². The zero-order valence-electron chi connectivity index (χ0n) is 12.0. The first kappa shape index (κ1) is 13.5. The van der Waals surface area contributed by atoms with E-state index in [9.17, 15) is 0 Å². The molecule has 106 valence electrons. The lowest BCUT2D eigenvalue weighted by Crippen LogP contribution is -2.51. The summed E-state index contributed by atoms with van der Waals surface area (Å²) in [6.07, 6.45) is 1.87. The predicted molar refractivity (Wildman–Crippen MR) is 83.2 cm³/mol. The van der Waals surface area contributed by atoms with Crippen molar-refractivity contribution in [3.63, 3.8) is 0 Å². The van der Waals surface area contributed by atoms with Crippen LogP contribution in [-0.4, -0.2) is 40.5 Å². The van der Waals surface area contributed by atoms with Crippen molar-refractivity contribution < 1.29 is 0 Å². The first-order valence-corrected chi connectivity index (χ1v) is 7.91. The van der Waals surface area contributed by atoms with E-state index < -0.39 is 0 Å². The number of piperazine rings is 1. The molecule has 2 aromatic rings. The highest BCUT2D eigenvalue weighted by atomic mass is 32.1. The summed E-state index contributed by atoms with van der Waals surface area (Å²) >= 11 is 1.75. The molecule has 0 amide bonds. The summed E-state index contributed by atoms with van der Waals surface area (Å²) in [5.74, 6) is 0. The third-order valence-electron chi connectivity index (χ3n) is 3.68. The molecule has 1 saturated heterocycles. The second-order valence-electron chi connectivity index (χ2n) is 5.37. The number of aryl methyl sites for hydroxylation is 1. The molecule has 0 aliphatic carbocycles. The third-order valence-corrected chi connectivity index (χ3v) is 4.67. The average Bonchev–Trinajstić information content (AvgIpc) is 2.86. The van der Waals surface area contributed by atoms with Crippen molar-refractivity contribution in [2.75, 3.05) is 24.5 Å². The minimum Gasteiger partial charge on any atom is -0.343 e. The largest absolute Gasteiger partial charge is 0.343 e. The van der Waals surface area contributed by atoms with Crippen molar-refractivity contribution in [2.45, 2.75) is 26.4 Å². The summed E-state index contributed by atoms with van der Waals surface area (Å²) in [7, 11) is 0. The van der Waals surface area contributed by atoms with E-state index in [-0.39, 0.29) is 0 Å². The van der Waals surface area contributed by atoms with Crippen LogP contribution in [0.1, 0.15) is 18.3 Å². The lowest BCUT2D eigenvalue weighted by atomic mass is 10.2. The van der Waals surface area contributed by atoms with Crippen LogP contribution >= 0.6 is 11.3 Å². The Morgan fingerprint density at radius 2 is 2.25 bits per heavy atom. The van der Waals surface area contributed by atoms with Crippen molar-refractivity contribution in [2.24, 2.45) is 0 Å². The van der Waals surface area contributed by atoms with Gasteiger partial charge in [0.1, 0.15) is 0 Å². The van der Waals surface area contributed by atoms with Crippen molar-refractivity contribution in [1.82, 2.24) is 14.9 Å². The van der Waals surface area contributed by atoms with Gasteiger partial charge in [-0.2, -0.15) is 0 Å². The van der Waals surface area contributed by atoms with E-state index in [0.717, 1.165) is 42.7 Å². The summed E-state index contributed by atoms with van der Waals surface area (Å²) in [5.41, 5.74) is 2.27. The van der Waals surface area contributed by atoms with E-state index in [4.69, 9.17) is 0 Å². The fourth-order valence-corrected chi connectivity index (χ4v) is 3.59. The second-order valence-corrected chi connectivity index (χ2v) is 6.21. The second kappa shape index (κ2) is 5.89. The number of aromatic nitrogens is 2. The Kier molecular flexibility index (Phi) is 3.98. The molecular weight excluding hydrogens is 268 g/mol. The predicted octanol–water partition coefficient (Wildman–Crippen LogP) is 2.56. The lowest BCUT2D eigenvalue weighted by Gasteiger charge is -2.39. The van der Waals surface area contributed by atoms with E-state index in [1.165, 1.54) is 0 Å². The molecule has 1 fully saturated rings. The molecule has 3 rings (SSSR count). The van der Waals surface area contributed by atoms with Gasteiger partial charge in [-0.15, -0.1) is 11.3 Å². The maximum atomic E-state index is 4.61. The van der Waals surface area contributed by atoms with Crippen LogP contribution in [0.15, 0.2) is 29.8 Å². The highest BCUT2D eigenvalue weighted by molar-refractivity contribution is 7.13. The summed E-state index contributed by atoms with van der Waals surface area (Å²) in [4.78, 5) is 13.9. The summed E-state index contributed by atoms with van der Waals surface area (Å²) in [5, 5.41) is 3.29. The number of nitrogens with zero attached hydrogens (tertiary/aromatic N) is 4. The molecule has 0 spiro atoms. The van der Waals surface area contributed by atoms with Gasteiger partial charge in [0, 0.05) is 43.8 Å². The molecule has 0 bridgehead atoms. The molecule has 2 aromatic heterocycles. The molecule has 5 heteroatoms. The van der Waals surface area contributed by atoms with E-state index in [0.29, 0.717) is 6.04 Å². The van der Waals surface area contributed by atoms with Gasteiger partial charge in [0.15, 0.2) is 5.13 Å². The van der Waals surface area contributed by atoms with E-state index >= 15 is 0 Å². The Labute approximate surface area is 124 Å². The Bertz CT molecular complexity index is 554. The highest BCUT2D eigenvalue weighted by Crippen LogP contribution is 2.24. The van der Waals surface area contributed by atoms with Crippen LogP contribution in [0, 0.1) is 6.92 Å². The molecule has 1 aliphatic rings. The number of hydrogen-bond donors (Lipinski definition) is 0. The number of thiazole rings is 1. The smallest absolute Gasteiger partial charge is 0.185 e. The maximum Gasteiger partial charge on any atom is 0.185 e. The lowest BCUT2D eigenvalue weighted by molar-refractivity contribution is 0.218. The van der Waals surface area contributed by atoms with E-state index in [1.807, 2.05) is 12.3 Å². The van der Waals surface area contributed by atoms with Gasteiger partial charge >= 0.3 is 0 Å². The molecule has 0 saturated carbocycles. The van der Waals surface area contributed by atoms with E-state index in [1.54, 1.807) is 11.3 Å². The number of hydrogen-bond acceptors (Lipinski definition) is 5. The van der Waals surface area contributed by atoms with Gasteiger partial charge in [-0.3, -0.25) is 9.88 Å². The van der Waals surface area contributed by atoms with Crippen LogP contribution in [0.2, 0.25) is 0 Å². The van der Waals surface area contributed by atoms with Crippen LogP contribution in [0.4, 0.5) is 5.13 Å². The molecule has 1 aliphatic heterocycles. The normalized spacial score (nSPS) is 20.3. The van der Waals surface area contributed by atoms with Gasteiger partial charge in [-0.05, 0) is 26.0 Å². The van der Waals surface area contributed by atoms with Gasteiger partial charge in [0.2, 0.25) is 0 Å². The summed E-state index contributed by atoms with van der Waals surface area (Å²) in [6.45, 7) is 8.45. The number of pyridine rings is 1. The van der Waals surface area contributed by atoms with Gasteiger partial charge in [-0.25, -0.2) is 4.98 Å². The maximum absolute atomic E-state index is 4.61. The highest BCUT2D eigenvalue weighted by Gasteiger charge is 2.25. The van der Waals surface area contributed by atoms with Crippen LogP contribution in [0.25, 0.3) is 0 Å². The monoisotopic (exact) mass is 288 g/mol. The zero-order valence-corrected chi connectivity index (χ0v) is 12.8. The molecular formula is C15H20N4S. The number of anilines is 1. The average molecular weight is 288 g/mol. The van der Waals surface area contributed by atoms with Crippen molar-refractivity contribution in [1.29, 1.82) is 0 Å². The fourth-order valence-electron chi connectivity index (χ4n) is 2.66. The van der Waals surface area contributed by atoms with Crippen LogP contribution in [0.5, 0.6) is 0 Å². The molecule has 0 unspecified atom stereocenters. The van der Waals surface area contributed by atoms with Crippen LogP contribution in [-0.2, 0) is 6.54 Å². The first-order valence-electron chi connectivity index (χ1n) is 7.03. The topological polar surface area (TPSA) is 32.3 Å². The Balaban J connectivity index is 1.62. The third kappa shape index (κ3) is 2.99. The summed E-state index contributed by atoms with van der Waals surface area (Å²) < 4.78 is 0. The van der Waals surface area contributed by atoms with Gasteiger partial charge in [-0.1, -0.05) is 6.07 Å². The quantitative estimate of drug-likeness (QED) is 0.869. The summed E-state index contributed by atoms with van der Waals surface area (Å²) in [6, 6.07) is 6.62. The zero-order chi connectivity index (χ0) is 13.9. The number of rotatable bonds is 3. The fraction of sp³-hybridized carbons (Fsp3) is 0.467. The van der Waals surface area contributed by atoms with Crippen LogP contribution < -0.4 is 4.90 Å². The minimum atomic E-state index is 0.498. The van der Waals surface area contributed by atoms with Crippen LogP contribution in [0.3, 0.4) is 0 Å². The van der Waals surface area contributed by atoms with E-state index in [2.05, 4.69) is 51.1 Å². The van der Waals surface area contributed by atoms with Gasteiger partial charge in [0.05, 0.1) is 11.4 Å². The first-order chi connectivity index (χ1) is 9.72. The molecule has 0 N–H and O–H groups in total. The molecule has 4 nitrogen and oxygen atoms in total. The minimum absolute atomic E-state index is 0.498. The van der Waals surface area contributed by atoms with Crippen molar-refractivity contribution in [3.8, 4) is 0 Å². The molecule has 0 aromatic carbocycles. The van der Waals surface area contributed by atoms with Crippen molar-refractivity contribution >= 4 is 16.5 Å². The van der Waals surface area contributed by atoms with Gasteiger partial charge in [0.25, 0.3) is 0 Å². The Hall–Kier alpha value is -1.46. The molecule has 1 atom stereocenters. The Morgan fingerprint density at radius 1 is 1.35 bits per heavy atom. The molecule has 20 heavy (non-hydrogen) atoms.